The van der Waals surface area contributed by atoms with Gasteiger partial charge in [0.2, 0.25) is 0 Å². The second-order valence-corrected chi connectivity index (χ2v) is 3.77. The molecule has 1 N–H and O–H groups in total. The molecular formula is C10H10ClF2N. The predicted octanol–water partition coefficient (Wildman–Crippen LogP) is 3.64. The van der Waals surface area contributed by atoms with E-state index in [1.54, 1.807) is 6.07 Å². The molecule has 0 fully saturated rings. The molecule has 0 aromatic heterocycles. The van der Waals surface area contributed by atoms with Gasteiger partial charge in [-0.3, -0.25) is 0 Å². The Morgan fingerprint density at radius 3 is 2.86 bits per heavy atom. The molecule has 1 aliphatic heterocycles. The van der Waals surface area contributed by atoms with E-state index < -0.39 is 6.43 Å². The summed E-state index contributed by atoms with van der Waals surface area (Å²) in [4.78, 5) is 0. The lowest BCUT2D eigenvalue weighted by Gasteiger charge is -2.19. The minimum Gasteiger partial charge on any atom is -0.385 e. The van der Waals surface area contributed by atoms with Crippen molar-refractivity contribution in [3.63, 3.8) is 0 Å². The number of hydrogen-bond donors (Lipinski definition) is 1. The van der Waals surface area contributed by atoms with Crippen LogP contribution in [0.1, 0.15) is 24.0 Å². The largest absolute Gasteiger partial charge is 0.385 e. The highest BCUT2D eigenvalue weighted by atomic mass is 35.5. The van der Waals surface area contributed by atoms with E-state index in [-0.39, 0.29) is 10.6 Å². The molecule has 4 heteroatoms. The first-order valence-electron chi connectivity index (χ1n) is 4.53. The van der Waals surface area contributed by atoms with Crippen LogP contribution in [0.25, 0.3) is 0 Å². The molecule has 0 saturated carbocycles. The second-order valence-electron chi connectivity index (χ2n) is 3.36. The summed E-state index contributed by atoms with van der Waals surface area (Å²) in [5.74, 6) is 0. The number of nitrogens with one attached hydrogen (secondary N) is 1. The predicted molar refractivity (Wildman–Crippen MR) is 53.2 cm³/mol. The van der Waals surface area contributed by atoms with Gasteiger partial charge in [-0.05, 0) is 30.5 Å². The van der Waals surface area contributed by atoms with E-state index in [1.807, 2.05) is 0 Å². The van der Waals surface area contributed by atoms with E-state index in [9.17, 15) is 8.78 Å². The number of aryl methyl sites for hydroxylation is 1. The number of hydrogen-bond acceptors (Lipinski definition) is 1. The Labute approximate surface area is 86.1 Å². The third kappa shape index (κ3) is 1.69. The summed E-state index contributed by atoms with van der Waals surface area (Å²) in [5.41, 5.74) is 1.75. The molecule has 0 unspecified atom stereocenters. The van der Waals surface area contributed by atoms with Crippen molar-refractivity contribution < 1.29 is 8.78 Å². The zero-order valence-corrected chi connectivity index (χ0v) is 8.24. The fourth-order valence-corrected chi connectivity index (χ4v) is 1.94. The molecule has 14 heavy (non-hydrogen) atoms. The number of benzene rings is 1. The molecule has 0 saturated heterocycles. The van der Waals surface area contributed by atoms with E-state index in [2.05, 4.69) is 5.32 Å². The van der Waals surface area contributed by atoms with Gasteiger partial charge < -0.3 is 5.32 Å². The lowest BCUT2D eigenvalue weighted by Crippen LogP contribution is -2.12. The molecule has 1 nitrogen and oxygen atoms in total. The molecule has 0 bridgehead atoms. The average Bonchev–Trinajstić information content (AvgIpc) is 2.16. The molecule has 0 spiro atoms. The van der Waals surface area contributed by atoms with Gasteiger partial charge in [0.1, 0.15) is 0 Å². The van der Waals surface area contributed by atoms with Crippen LogP contribution >= 0.6 is 11.6 Å². The lowest BCUT2D eigenvalue weighted by molar-refractivity contribution is 0.151. The zero-order valence-electron chi connectivity index (χ0n) is 7.49. The van der Waals surface area contributed by atoms with Gasteiger partial charge in [-0.2, -0.15) is 0 Å². The van der Waals surface area contributed by atoms with Gasteiger partial charge in [-0.15, -0.1) is 0 Å². The Kier molecular flexibility index (Phi) is 2.59. The molecule has 1 heterocycles. The number of halogens is 3. The Hall–Kier alpha value is -0.830. The van der Waals surface area contributed by atoms with Crippen molar-refractivity contribution in [3.05, 3.63) is 28.3 Å². The average molecular weight is 218 g/mol. The highest BCUT2D eigenvalue weighted by molar-refractivity contribution is 6.31. The monoisotopic (exact) mass is 217 g/mol. The van der Waals surface area contributed by atoms with Crippen LogP contribution in [0.2, 0.25) is 5.02 Å². The van der Waals surface area contributed by atoms with Crippen LogP contribution in [0, 0.1) is 0 Å². The van der Waals surface area contributed by atoms with E-state index in [0.29, 0.717) is 0 Å². The number of alkyl halides is 2. The number of rotatable bonds is 1. The molecule has 1 aromatic rings. The van der Waals surface area contributed by atoms with E-state index in [0.717, 1.165) is 30.6 Å². The molecule has 0 atom stereocenters. The molecule has 2 rings (SSSR count). The molecule has 0 radical (unpaired) electrons. The van der Waals surface area contributed by atoms with Crippen LogP contribution < -0.4 is 5.32 Å². The van der Waals surface area contributed by atoms with Crippen molar-refractivity contribution in [1.29, 1.82) is 0 Å². The lowest BCUT2D eigenvalue weighted by atomic mass is 10.0. The van der Waals surface area contributed by atoms with Crippen molar-refractivity contribution in [2.75, 3.05) is 11.9 Å². The van der Waals surface area contributed by atoms with Crippen LogP contribution in [-0.2, 0) is 6.42 Å². The third-order valence-corrected chi connectivity index (χ3v) is 2.72. The molecule has 0 amide bonds. The Balaban J connectivity index is 2.45. The SMILES string of the molecule is FC(F)c1cc2c(cc1Cl)CCCN2. The first kappa shape index (κ1) is 9.71. The third-order valence-electron chi connectivity index (χ3n) is 2.40. The minimum absolute atomic E-state index is 0.0835. The van der Waals surface area contributed by atoms with Gasteiger partial charge in [0.25, 0.3) is 6.43 Å². The van der Waals surface area contributed by atoms with Crippen molar-refractivity contribution in [2.24, 2.45) is 0 Å². The second kappa shape index (κ2) is 3.73. The smallest absolute Gasteiger partial charge is 0.265 e. The van der Waals surface area contributed by atoms with Crippen LogP contribution in [0.15, 0.2) is 12.1 Å². The summed E-state index contributed by atoms with van der Waals surface area (Å²) < 4.78 is 25.0. The number of fused-ring (bicyclic) bond motifs is 1. The Morgan fingerprint density at radius 2 is 2.14 bits per heavy atom. The summed E-state index contributed by atoms with van der Waals surface area (Å²) in [6.45, 7) is 0.845. The Morgan fingerprint density at radius 1 is 1.36 bits per heavy atom. The topological polar surface area (TPSA) is 12.0 Å². The highest BCUT2D eigenvalue weighted by Gasteiger charge is 2.17. The standard InChI is InChI=1S/C10H10ClF2N/c11-8-4-6-2-1-3-14-9(6)5-7(8)10(12)13/h4-5,10,14H,1-3H2. The normalized spacial score (nSPS) is 15.1. The van der Waals surface area contributed by atoms with Gasteiger partial charge >= 0.3 is 0 Å². The summed E-state index contributed by atoms with van der Waals surface area (Å²) in [7, 11) is 0. The molecular weight excluding hydrogens is 208 g/mol. The summed E-state index contributed by atoms with van der Waals surface area (Å²) in [5, 5.41) is 3.26. The van der Waals surface area contributed by atoms with Gasteiger partial charge in [-0.25, -0.2) is 8.78 Å². The Bertz CT molecular complexity index is 352. The first-order chi connectivity index (χ1) is 6.68. The van der Waals surface area contributed by atoms with Crippen LogP contribution in [0.3, 0.4) is 0 Å². The van der Waals surface area contributed by atoms with Crippen LogP contribution in [0.4, 0.5) is 14.5 Å². The van der Waals surface area contributed by atoms with Crippen molar-refractivity contribution in [1.82, 2.24) is 0 Å². The van der Waals surface area contributed by atoms with Crippen molar-refractivity contribution >= 4 is 17.3 Å². The van der Waals surface area contributed by atoms with Crippen molar-refractivity contribution in [3.8, 4) is 0 Å². The van der Waals surface area contributed by atoms with E-state index in [4.69, 9.17) is 11.6 Å². The maximum Gasteiger partial charge on any atom is 0.265 e. The molecule has 1 aromatic carbocycles. The summed E-state index contributed by atoms with van der Waals surface area (Å²) in [6, 6.07) is 3.10. The fraction of sp³-hybridized carbons (Fsp3) is 0.400. The van der Waals surface area contributed by atoms with E-state index in [1.165, 1.54) is 6.07 Å². The quantitative estimate of drug-likeness (QED) is 0.758. The van der Waals surface area contributed by atoms with Gasteiger partial charge in [0.05, 0.1) is 0 Å². The maximum absolute atomic E-state index is 12.5. The summed E-state index contributed by atoms with van der Waals surface area (Å²) in [6.07, 6.45) is -0.570. The fourth-order valence-electron chi connectivity index (χ4n) is 1.67. The van der Waals surface area contributed by atoms with Gasteiger partial charge in [0.15, 0.2) is 0 Å². The number of anilines is 1. The van der Waals surface area contributed by atoms with E-state index >= 15 is 0 Å². The maximum atomic E-state index is 12.5. The first-order valence-corrected chi connectivity index (χ1v) is 4.90. The van der Waals surface area contributed by atoms with Crippen molar-refractivity contribution in [2.45, 2.75) is 19.3 Å². The van der Waals surface area contributed by atoms with Crippen LogP contribution in [-0.4, -0.2) is 6.54 Å². The molecule has 76 valence electrons. The molecule has 1 aliphatic rings. The van der Waals surface area contributed by atoms with Gasteiger partial charge in [-0.1, -0.05) is 11.6 Å². The minimum atomic E-state index is -2.50. The summed E-state index contributed by atoms with van der Waals surface area (Å²) >= 11 is 5.75. The van der Waals surface area contributed by atoms with Crippen LogP contribution in [0.5, 0.6) is 0 Å². The highest BCUT2D eigenvalue weighted by Crippen LogP contribution is 2.33. The molecule has 0 aliphatic carbocycles. The van der Waals surface area contributed by atoms with Gasteiger partial charge in [0, 0.05) is 22.8 Å². The zero-order chi connectivity index (χ0) is 10.1.